The van der Waals surface area contributed by atoms with Gasteiger partial charge in [0.2, 0.25) is 0 Å². The fourth-order valence-corrected chi connectivity index (χ4v) is 3.02. The SMILES string of the molecule is COCC(C=O)CN1CCN2CCN(C)C[C@H]2C1. The molecule has 0 spiro atoms. The van der Waals surface area contributed by atoms with Gasteiger partial charge in [0.25, 0.3) is 0 Å². The van der Waals surface area contributed by atoms with Gasteiger partial charge in [0.05, 0.1) is 12.5 Å². The zero-order valence-electron chi connectivity index (χ0n) is 11.5. The van der Waals surface area contributed by atoms with Crippen LogP contribution in [0.4, 0.5) is 0 Å². The minimum absolute atomic E-state index is 0.0165. The number of nitrogens with zero attached hydrogens (tertiary/aromatic N) is 3. The lowest BCUT2D eigenvalue weighted by Crippen LogP contribution is -2.61. The Bertz CT molecular complexity index is 275. The van der Waals surface area contributed by atoms with Crippen molar-refractivity contribution in [2.45, 2.75) is 6.04 Å². The molecule has 0 aromatic heterocycles. The fourth-order valence-electron chi connectivity index (χ4n) is 3.02. The zero-order chi connectivity index (χ0) is 13.0. The first-order valence-corrected chi connectivity index (χ1v) is 6.82. The van der Waals surface area contributed by atoms with Crippen molar-refractivity contribution in [1.82, 2.24) is 14.7 Å². The fraction of sp³-hybridized carbons (Fsp3) is 0.923. The maximum atomic E-state index is 11.0. The van der Waals surface area contributed by atoms with Gasteiger partial charge in [0.1, 0.15) is 6.29 Å². The number of hydrogen-bond acceptors (Lipinski definition) is 5. The van der Waals surface area contributed by atoms with E-state index in [4.69, 9.17) is 4.74 Å². The van der Waals surface area contributed by atoms with Crippen molar-refractivity contribution in [1.29, 1.82) is 0 Å². The molecule has 2 heterocycles. The van der Waals surface area contributed by atoms with Crippen molar-refractivity contribution < 1.29 is 9.53 Å². The average molecular weight is 255 g/mol. The van der Waals surface area contributed by atoms with E-state index in [0.717, 1.165) is 39.0 Å². The Hall–Kier alpha value is -0.490. The van der Waals surface area contributed by atoms with Crippen LogP contribution in [0.3, 0.4) is 0 Å². The number of methoxy groups -OCH3 is 1. The van der Waals surface area contributed by atoms with E-state index in [1.54, 1.807) is 7.11 Å². The summed E-state index contributed by atoms with van der Waals surface area (Å²) in [5.74, 6) is 0.0165. The molecule has 5 heteroatoms. The van der Waals surface area contributed by atoms with Gasteiger partial charge in [-0.2, -0.15) is 0 Å². The third kappa shape index (κ3) is 3.51. The smallest absolute Gasteiger partial charge is 0.126 e. The van der Waals surface area contributed by atoms with E-state index in [1.165, 1.54) is 13.1 Å². The van der Waals surface area contributed by atoms with Gasteiger partial charge in [-0.25, -0.2) is 0 Å². The molecule has 1 unspecified atom stereocenters. The molecule has 0 amide bonds. The van der Waals surface area contributed by atoms with Crippen LogP contribution in [0.1, 0.15) is 0 Å². The zero-order valence-corrected chi connectivity index (χ0v) is 11.5. The van der Waals surface area contributed by atoms with E-state index in [-0.39, 0.29) is 5.92 Å². The lowest BCUT2D eigenvalue weighted by molar-refractivity contribution is -0.113. The molecular weight excluding hydrogens is 230 g/mol. The van der Waals surface area contributed by atoms with Crippen molar-refractivity contribution in [2.75, 3.05) is 66.6 Å². The quantitative estimate of drug-likeness (QED) is 0.612. The number of piperazine rings is 2. The van der Waals surface area contributed by atoms with Crippen molar-refractivity contribution in [3.05, 3.63) is 0 Å². The van der Waals surface area contributed by atoms with Gasteiger partial charge in [0, 0.05) is 59.0 Å². The highest BCUT2D eigenvalue weighted by atomic mass is 16.5. The van der Waals surface area contributed by atoms with Gasteiger partial charge < -0.3 is 14.4 Å². The molecule has 0 radical (unpaired) electrons. The van der Waals surface area contributed by atoms with Crippen LogP contribution in [0.2, 0.25) is 0 Å². The van der Waals surface area contributed by atoms with Gasteiger partial charge >= 0.3 is 0 Å². The third-order valence-corrected chi connectivity index (χ3v) is 4.05. The molecule has 0 aromatic rings. The molecule has 0 aliphatic carbocycles. The molecule has 0 N–H and O–H groups in total. The van der Waals surface area contributed by atoms with Crippen molar-refractivity contribution in [3.63, 3.8) is 0 Å². The summed E-state index contributed by atoms with van der Waals surface area (Å²) in [5.41, 5.74) is 0. The lowest BCUT2D eigenvalue weighted by atomic mass is 10.1. The van der Waals surface area contributed by atoms with Crippen LogP contribution < -0.4 is 0 Å². The van der Waals surface area contributed by atoms with E-state index in [1.807, 2.05) is 0 Å². The average Bonchev–Trinajstić information content (AvgIpc) is 2.37. The second-order valence-electron chi connectivity index (χ2n) is 5.56. The normalized spacial score (nSPS) is 28.9. The maximum Gasteiger partial charge on any atom is 0.126 e. The Morgan fingerprint density at radius 1 is 1.28 bits per heavy atom. The van der Waals surface area contributed by atoms with Crippen molar-refractivity contribution in [2.24, 2.45) is 5.92 Å². The van der Waals surface area contributed by atoms with Crippen LogP contribution in [0.15, 0.2) is 0 Å². The van der Waals surface area contributed by atoms with Gasteiger partial charge in [0.15, 0.2) is 0 Å². The monoisotopic (exact) mass is 255 g/mol. The Kier molecular flexibility index (Phi) is 5.12. The van der Waals surface area contributed by atoms with Crippen molar-refractivity contribution in [3.8, 4) is 0 Å². The highest BCUT2D eigenvalue weighted by molar-refractivity contribution is 5.53. The summed E-state index contributed by atoms with van der Waals surface area (Å²) >= 11 is 0. The van der Waals surface area contributed by atoms with Crippen LogP contribution >= 0.6 is 0 Å². The molecule has 0 bridgehead atoms. The molecule has 2 fully saturated rings. The molecule has 104 valence electrons. The number of aldehydes is 1. The van der Waals surface area contributed by atoms with Gasteiger partial charge in [-0.05, 0) is 7.05 Å². The number of hydrogen-bond donors (Lipinski definition) is 0. The van der Waals surface area contributed by atoms with E-state index in [9.17, 15) is 4.79 Å². The number of fused-ring (bicyclic) bond motifs is 1. The number of ether oxygens (including phenoxy) is 1. The predicted molar refractivity (Wildman–Crippen MR) is 70.7 cm³/mol. The summed E-state index contributed by atoms with van der Waals surface area (Å²) in [6.07, 6.45) is 1.03. The van der Waals surface area contributed by atoms with Crippen LogP contribution in [0, 0.1) is 5.92 Å². The summed E-state index contributed by atoms with van der Waals surface area (Å²) in [7, 11) is 3.85. The molecule has 0 saturated carbocycles. The van der Waals surface area contributed by atoms with E-state index < -0.39 is 0 Å². The molecule has 2 rings (SSSR count). The molecule has 2 aliphatic heterocycles. The minimum atomic E-state index is 0.0165. The third-order valence-electron chi connectivity index (χ3n) is 4.05. The molecule has 2 atom stereocenters. The minimum Gasteiger partial charge on any atom is -0.384 e. The molecular formula is C13H25N3O2. The number of carbonyl (C=O) groups is 1. The Labute approximate surface area is 110 Å². The second-order valence-corrected chi connectivity index (χ2v) is 5.56. The van der Waals surface area contributed by atoms with Crippen LogP contribution in [-0.4, -0.2) is 93.6 Å². The van der Waals surface area contributed by atoms with Crippen molar-refractivity contribution >= 4 is 6.29 Å². The predicted octanol–water partition coefficient (Wildman–Crippen LogP) is -0.620. The van der Waals surface area contributed by atoms with Crippen LogP contribution in [0.25, 0.3) is 0 Å². The number of likely N-dealkylation sites (N-methyl/N-ethyl adjacent to an activating group) is 1. The van der Waals surface area contributed by atoms with Gasteiger partial charge in [-0.1, -0.05) is 0 Å². The lowest BCUT2D eigenvalue weighted by Gasteiger charge is -2.46. The molecule has 18 heavy (non-hydrogen) atoms. The molecule has 2 aliphatic rings. The Morgan fingerprint density at radius 3 is 2.78 bits per heavy atom. The summed E-state index contributed by atoms with van der Waals surface area (Å²) in [4.78, 5) is 18.4. The Morgan fingerprint density at radius 2 is 2.06 bits per heavy atom. The standard InChI is InChI=1S/C13H25N3O2/c1-14-3-5-16-6-4-15(9-13(16)8-14)7-12(10-17)11-18-2/h10,12-13H,3-9,11H2,1-2H3/t12?,13-/m0/s1. The van der Waals surface area contributed by atoms with Crippen LogP contribution in [0.5, 0.6) is 0 Å². The first-order valence-electron chi connectivity index (χ1n) is 6.82. The number of rotatable bonds is 5. The van der Waals surface area contributed by atoms with Gasteiger partial charge in [-0.3, -0.25) is 9.80 Å². The summed E-state index contributed by atoms with van der Waals surface area (Å²) in [6, 6.07) is 0.632. The first-order chi connectivity index (χ1) is 8.72. The Balaban J connectivity index is 1.83. The first kappa shape index (κ1) is 13.9. The summed E-state index contributed by atoms with van der Waals surface area (Å²) < 4.78 is 5.08. The maximum absolute atomic E-state index is 11.0. The van der Waals surface area contributed by atoms with E-state index >= 15 is 0 Å². The highest BCUT2D eigenvalue weighted by Crippen LogP contribution is 2.15. The molecule has 2 saturated heterocycles. The van der Waals surface area contributed by atoms with E-state index in [2.05, 4.69) is 21.7 Å². The molecule has 0 aromatic carbocycles. The number of carbonyl (C=O) groups excluding carboxylic acids is 1. The van der Waals surface area contributed by atoms with Crippen LogP contribution in [-0.2, 0) is 9.53 Å². The summed E-state index contributed by atoms with van der Waals surface area (Å²) in [6.45, 7) is 8.18. The highest BCUT2D eigenvalue weighted by Gasteiger charge is 2.31. The molecule has 5 nitrogen and oxygen atoms in total. The largest absolute Gasteiger partial charge is 0.384 e. The summed E-state index contributed by atoms with van der Waals surface area (Å²) in [5, 5.41) is 0. The second kappa shape index (κ2) is 6.61. The van der Waals surface area contributed by atoms with E-state index in [0.29, 0.717) is 12.6 Å². The van der Waals surface area contributed by atoms with Gasteiger partial charge in [-0.15, -0.1) is 0 Å². The topological polar surface area (TPSA) is 36.0 Å².